The molecule has 31 heavy (non-hydrogen) atoms. The summed E-state index contributed by atoms with van der Waals surface area (Å²) in [6, 6.07) is 11.3. The molecule has 0 spiro atoms. The molecule has 2 rings (SSSR count). The highest BCUT2D eigenvalue weighted by molar-refractivity contribution is 14.0. The van der Waals surface area contributed by atoms with Crippen LogP contribution in [0, 0.1) is 0 Å². The molecule has 1 atom stereocenters. The van der Waals surface area contributed by atoms with Crippen molar-refractivity contribution in [3.8, 4) is 11.6 Å². The number of guanidine groups is 1. The Morgan fingerprint density at radius 3 is 2.52 bits per heavy atom. The molecule has 0 aliphatic heterocycles. The van der Waals surface area contributed by atoms with E-state index in [1.54, 1.807) is 6.20 Å². The molecule has 1 unspecified atom stereocenters. The van der Waals surface area contributed by atoms with Crippen LogP contribution >= 0.6 is 24.0 Å². The summed E-state index contributed by atoms with van der Waals surface area (Å²) in [6.07, 6.45) is 2.10. The van der Waals surface area contributed by atoms with E-state index in [9.17, 15) is 5.11 Å². The fourth-order valence-corrected chi connectivity index (χ4v) is 2.73. The highest BCUT2D eigenvalue weighted by Crippen LogP contribution is 2.19. The summed E-state index contributed by atoms with van der Waals surface area (Å²) in [5.74, 6) is 2.03. The highest BCUT2D eigenvalue weighted by atomic mass is 127. The summed E-state index contributed by atoms with van der Waals surface area (Å²) in [4.78, 5) is 8.90. The van der Waals surface area contributed by atoms with E-state index in [4.69, 9.17) is 9.47 Å². The largest absolute Gasteiger partial charge is 0.491 e. The van der Waals surface area contributed by atoms with Gasteiger partial charge in [-0.2, -0.15) is 0 Å². The molecule has 0 fully saturated rings. The Labute approximate surface area is 202 Å². The number of benzene rings is 1. The van der Waals surface area contributed by atoms with Crippen molar-refractivity contribution in [2.24, 2.45) is 4.99 Å². The summed E-state index contributed by atoms with van der Waals surface area (Å²) in [5, 5.41) is 16.9. The van der Waals surface area contributed by atoms with Gasteiger partial charge in [0.25, 0.3) is 0 Å². The monoisotopic (exact) mass is 542 g/mol. The van der Waals surface area contributed by atoms with Gasteiger partial charge in [0, 0.05) is 24.8 Å². The number of halogens is 1. The van der Waals surface area contributed by atoms with Gasteiger partial charge in [0.2, 0.25) is 5.88 Å². The molecular formula is C23H35IN4O3. The second-order valence-corrected chi connectivity index (χ2v) is 7.14. The van der Waals surface area contributed by atoms with Crippen LogP contribution in [0.4, 0.5) is 0 Å². The molecule has 0 amide bonds. The normalized spacial score (nSPS) is 12.1. The Balaban J connectivity index is 0.00000480. The van der Waals surface area contributed by atoms with Gasteiger partial charge in [-0.1, -0.05) is 25.1 Å². The van der Waals surface area contributed by atoms with Crippen LogP contribution in [-0.2, 0) is 6.54 Å². The third kappa shape index (κ3) is 9.73. The number of hydrogen-bond donors (Lipinski definition) is 3. The number of ether oxygens (including phenoxy) is 2. The van der Waals surface area contributed by atoms with Crippen molar-refractivity contribution in [3.63, 3.8) is 0 Å². The minimum absolute atomic E-state index is 0. The van der Waals surface area contributed by atoms with Crippen molar-refractivity contribution in [3.05, 3.63) is 53.7 Å². The molecule has 0 radical (unpaired) electrons. The molecule has 1 aromatic heterocycles. The SMILES string of the molecule is CCCOc1ncccc1CN=C(NCC)NCC(O)c1ccc(OC(C)C)cc1.I. The number of aliphatic hydroxyl groups is 1. The average molecular weight is 542 g/mol. The van der Waals surface area contributed by atoms with E-state index in [1.807, 2.05) is 57.2 Å². The van der Waals surface area contributed by atoms with Crippen LogP contribution in [0.1, 0.15) is 51.3 Å². The molecule has 0 bridgehead atoms. The number of hydrogen-bond acceptors (Lipinski definition) is 5. The van der Waals surface area contributed by atoms with E-state index < -0.39 is 6.10 Å². The van der Waals surface area contributed by atoms with Crippen molar-refractivity contribution in [2.75, 3.05) is 19.7 Å². The summed E-state index contributed by atoms with van der Waals surface area (Å²) >= 11 is 0. The van der Waals surface area contributed by atoms with Gasteiger partial charge in [0.05, 0.1) is 25.4 Å². The number of pyridine rings is 1. The van der Waals surface area contributed by atoms with Crippen LogP contribution in [0.5, 0.6) is 11.6 Å². The van der Waals surface area contributed by atoms with E-state index in [-0.39, 0.29) is 30.1 Å². The topological polar surface area (TPSA) is 88.0 Å². The summed E-state index contributed by atoms with van der Waals surface area (Å²) in [5.41, 5.74) is 1.74. The predicted molar refractivity (Wildman–Crippen MR) is 135 cm³/mol. The number of aromatic nitrogens is 1. The lowest BCUT2D eigenvalue weighted by Crippen LogP contribution is -2.39. The molecule has 1 aromatic carbocycles. The third-order valence-electron chi connectivity index (χ3n) is 4.14. The van der Waals surface area contributed by atoms with Crippen LogP contribution < -0.4 is 20.1 Å². The smallest absolute Gasteiger partial charge is 0.218 e. The first-order valence-electron chi connectivity index (χ1n) is 10.6. The van der Waals surface area contributed by atoms with E-state index in [2.05, 4.69) is 27.5 Å². The number of nitrogens with one attached hydrogen (secondary N) is 2. The molecule has 0 saturated carbocycles. The molecular weight excluding hydrogens is 507 g/mol. The molecule has 0 aliphatic rings. The van der Waals surface area contributed by atoms with Crippen LogP contribution in [0.2, 0.25) is 0 Å². The summed E-state index contributed by atoms with van der Waals surface area (Å²) < 4.78 is 11.3. The van der Waals surface area contributed by atoms with E-state index in [0.717, 1.165) is 29.8 Å². The van der Waals surface area contributed by atoms with Crippen molar-refractivity contribution in [1.82, 2.24) is 15.6 Å². The van der Waals surface area contributed by atoms with Gasteiger partial charge >= 0.3 is 0 Å². The maximum absolute atomic E-state index is 10.5. The first-order valence-corrected chi connectivity index (χ1v) is 10.6. The first-order chi connectivity index (χ1) is 14.5. The minimum atomic E-state index is -0.663. The van der Waals surface area contributed by atoms with Crippen LogP contribution in [0.3, 0.4) is 0 Å². The number of nitrogens with zero attached hydrogens (tertiary/aromatic N) is 2. The van der Waals surface area contributed by atoms with Gasteiger partial charge in [0.15, 0.2) is 5.96 Å². The van der Waals surface area contributed by atoms with Crippen molar-refractivity contribution >= 4 is 29.9 Å². The van der Waals surface area contributed by atoms with Crippen LogP contribution in [-0.4, -0.2) is 41.9 Å². The number of rotatable bonds is 11. The fraction of sp³-hybridized carbons (Fsp3) is 0.478. The average Bonchev–Trinajstić information content (AvgIpc) is 2.74. The zero-order valence-corrected chi connectivity index (χ0v) is 21.1. The van der Waals surface area contributed by atoms with E-state index in [0.29, 0.717) is 31.5 Å². The van der Waals surface area contributed by atoms with E-state index in [1.165, 1.54) is 0 Å². The molecule has 172 valence electrons. The maximum atomic E-state index is 10.5. The molecule has 3 N–H and O–H groups in total. The first kappa shape index (κ1) is 27.0. The van der Waals surface area contributed by atoms with Gasteiger partial charge in [-0.15, -0.1) is 24.0 Å². The minimum Gasteiger partial charge on any atom is -0.491 e. The molecule has 8 heteroatoms. The second-order valence-electron chi connectivity index (χ2n) is 7.14. The Bertz CT molecular complexity index is 785. The van der Waals surface area contributed by atoms with Crippen LogP contribution in [0.15, 0.2) is 47.6 Å². The molecule has 0 saturated heterocycles. The third-order valence-corrected chi connectivity index (χ3v) is 4.14. The van der Waals surface area contributed by atoms with Crippen LogP contribution in [0.25, 0.3) is 0 Å². The van der Waals surface area contributed by atoms with Gasteiger partial charge in [-0.05, 0) is 51.0 Å². The quantitative estimate of drug-likeness (QED) is 0.226. The highest BCUT2D eigenvalue weighted by Gasteiger charge is 2.10. The van der Waals surface area contributed by atoms with Crippen molar-refractivity contribution in [2.45, 2.75) is 52.9 Å². The Morgan fingerprint density at radius 2 is 1.87 bits per heavy atom. The van der Waals surface area contributed by atoms with Gasteiger partial charge < -0.3 is 25.2 Å². The maximum Gasteiger partial charge on any atom is 0.218 e. The van der Waals surface area contributed by atoms with E-state index >= 15 is 0 Å². The summed E-state index contributed by atoms with van der Waals surface area (Å²) in [6.45, 7) is 10.1. The lowest BCUT2D eigenvalue weighted by molar-refractivity contribution is 0.180. The standard InChI is InChI=1S/C23H34N4O3.HI/c1-5-14-29-22-19(8-7-13-25-22)15-26-23(24-6-2)27-16-21(28)18-9-11-20(12-10-18)30-17(3)4;/h7-13,17,21,28H,5-6,14-16H2,1-4H3,(H2,24,26,27);1H. The lowest BCUT2D eigenvalue weighted by Gasteiger charge is -2.16. The zero-order chi connectivity index (χ0) is 21.8. The Kier molecular flexibility index (Phi) is 12.9. The summed E-state index contributed by atoms with van der Waals surface area (Å²) in [7, 11) is 0. The second kappa shape index (κ2) is 14.9. The number of aliphatic hydroxyl groups excluding tert-OH is 1. The molecule has 1 heterocycles. The predicted octanol–water partition coefficient (Wildman–Crippen LogP) is 4.06. The molecule has 0 aliphatic carbocycles. The lowest BCUT2D eigenvalue weighted by atomic mass is 10.1. The van der Waals surface area contributed by atoms with Gasteiger partial charge in [-0.3, -0.25) is 0 Å². The van der Waals surface area contributed by atoms with Crippen molar-refractivity contribution in [1.29, 1.82) is 0 Å². The Morgan fingerprint density at radius 1 is 1.13 bits per heavy atom. The Hall–Kier alpha value is -2.07. The fourth-order valence-electron chi connectivity index (χ4n) is 2.73. The van der Waals surface area contributed by atoms with Gasteiger partial charge in [-0.25, -0.2) is 9.98 Å². The van der Waals surface area contributed by atoms with Crippen molar-refractivity contribution < 1.29 is 14.6 Å². The van der Waals surface area contributed by atoms with Gasteiger partial charge in [0.1, 0.15) is 5.75 Å². The number of aliphatic imine (C=N–C) groups is 1. The zero-order valence-electron chi connectivity index (χ0n) is 18.8. The molecule has 2 aromatic rings. The molecule has 7 nitrogen and oxygen atoms in total.